The van der Waals surface area contributed by atoms with Crippen molar-refractivity contribution in [2.24, 2.45) is 4.99 Å². The molecule has 1 aromatic rings. The molecule has 0 saturated heterocycles. The van der Waals surface area contributed by atoms with Crippen molar-refractivity contribution in [3.63, 3.8) is 0 Å². The van der Waals surface area contributed by atoms with E-state index in [1.807, 2.05) is 45.0 Å². The number of hydrogen-bond acceptors (Lipinski definition) is 2. The van der Waals surface area contributed by atoms with Crippen LogP contribution in [-0.4, -0.2) is 6.21 Å². The zero-order chi connectivity index (χ0) is 9.40. The van der Waals surface area contributed by atoms with Crippen molar-refractivity contribution in [3.05, 3.63) is 24.3 Å². The highest BCUT2D eigenvalue weighted by molar-refractivity contribution is 7.80. The van der Waals surface area contributed by atoms with Crippen molar-refractivity contribution in [1.29, 1.82) is 0 Å². The van der Waals surface area contributed by atoms with Crippen molar-refractivity contribution in [1.82, 2.24) is 0 Å². The van der Waals surface area contributed by atoms with Crippen LogP contribution in [-0.2, 0) is 0 Å². The first-order valence-electron chi connectivity index (χ1n) is 4.11. The fourth-order valence-electron chi connectivity index (χ4n) is 0.712. The molecule has 0 atom stereocenters. The largest absolute Gasteiger partial charge is 0.260 e. The monoisotopic (exact) mass is 181 g/mol. The molecular formula is C10H15NS. The Kier molecular flexibility index (Phi) is 6.48. The molecule has 0 N–H and O–H groups in total. The van der Waals surface area contributed by atoms with Crippen LogP contribution in [0.5, 0.6) is 0 Å². The third kappa shape index (κ3) is 3.58. The summed E-state index contributed by atoms with van der Waals surface area (Å²) in [5.41, 5.74) is 0.924. The van der Waals surface area contributed by atoms with Crippen molar-refractivity contribution in [2.75, 3.05) is 0 Å². The lowest BCUT2D eigenvalue weighted by molar-refractivity contribution is 1.39. The first-order valence-corrected chi connectivity index (χ1v) is 4.56. The second-order valence-electron chi connectivity index (χ2n) is 1.88. The molecule has 0 saturated carbocycles. The summed E-state index contributed by atoms with van der Waals surface area (Å²) in [5, 5.41) is 0. The smallest absolute Gasteiger partial charge is 0.0758 e. The number of thiol groups is 1. The lowest BCUT2D eigenvalue weighted by atomic mass is 10.3. The maximum atomic E-state index is 4.22. The highest BCUT2D eigenvalue weighted by Gasteiger charge is 1.90. The Morgan fingerprint density at radius 2 is 1.83 bits per heavy atom. The molecule has 0 aliphatic heterocycles. The molecule has 0 aliphatic carbocycles. The normalized spacial score (nSPS) is 9.33. The number of para-hydroxylation sites is 1. The Balaban J connectivity index is 0.000000561. The van der Waals surface area contributed by atoms with Gasteiger partial charge >= 0.3 is 0 Å². The molecule has 0 heterocycles. The minimum Gasteiger partial charge on any atom is -0.260 e. The van der Waals surface area contributed by atoms with Crippen LogP contribution in [0.3, 0.4) is 0 Å². The molecule has 1 rings (SSSR count). The van der Waals surface area contributed by atoms with Gasteiger partial charge in [-0.3, -0.25) is 4.99 Å². The van der Waals surface area contributed by atoms with Crippen molar-refractivity contribution in [3.8, 4) is 0 Å². The molecule has 0 unspecified atom stereocenters. The Hall–Kier alpha value is -0.760. The van der Waals surface area contributed by atoms with E-state index in [0.717, 1.165) is 10.6 Å². The molecule has 1 aromatic carbocycles. The van der Waals surface area contributed by atoms with Crippen LogP contribution in [0.25, 0.3) is 0 Å². The van der Waals surface area contributed by atoms with Crippen LogP contribution >= 0.6 is 12.6 Å². The fourth-order valence-corrected chi connectivity index (χ4v) is 0.931. The number of rotatable bonds is 1. The number of benzene rings is 1. The van der Waals surface area contributed by atoms with E-state index in [0.29, 0.717) is 0 Å². The Labute approximate surface area is 79.9 Å². The molecular weight excluding hydrogens is 166 g/mol. The fraction of sp³-hybridized carbons (Fsp3) is 0.300. The summed E-state index contributed by atoms with van der Waals surface area (Å²) in [7, 11) is 0. The summed E-state index contributed by atoms with van der Waals surface area (Å²) in [6.45, 7) is 5.89. The first kappa shape index (κ1) is 11.2. The van der Waals surface area contributed by atoms with Crippen LogP contribution < -0.4 is 0 Å². The highest BCUT2D eigenvalue weighted by atomic mass is 32.1. The van der Waals surface area contributed by atoms with Gasteiger partial charge in [-0.2, -0.15) is 0 Å². The number of nitrogens with zero attached hydrogens (tertiary/aromatic N) is 1. The molecule has 1 nitrogen and oxygen atoms in total. The van der Waals surface area contributed by atoms with E-state index in [1.54, 1.807) is 6.21 Å². The lowest BCUT2D eigenvalue weighted by Crippen LogP contribution is -1.67. The third-order valence-corrected chi connectivity index (χ3v) is 1.53. The quantitative estimate of drug-likeness (QED) is 0.501. The zero-order valence-corrected chi connectivity index (χ0v) is 8.68. The summed E-state index contributed by atoms with van der Waals surface area (Å²) < 4.78 is 0. The highest BCUT2D eigenvalue weighted by Crippen LogP contribution is 2.20. The molecule has 0 radical (unpaired) electrons. The molecule has 0 bridgehead atoms. The zero-order valence-electron chi connectivity index (χ0n) is 7.78. The second kappa shape index (κ2) is 6.92. The molecule has 0 fully saturated rings. The second-order valence-corrected chi connectivity index (χ2v) is 2.36. The lowest BCUT2D eigenvalue weighted by Gasteiger charge is -1.94. The van der Waals surface area contributed by atoms with Gasteiger partial charge in [0.25, 0.3) is 0 Å². The van der Waals surface area contributed by atoms with Gasteiger partial charge in [0, 0.05) is 11.1 Å². The van der Waals surface area contributed by atoms with E-state index in [9.17, 15) is 0 Å². The SMILES string of the molecule is CC.CC=Nc1ccccc1S. The molecule has 0 aliphatic rings. The van der Waals surface area contributed by atoms with Gasteiger partial charge in [-0.05, 0) is 19.1 Å². The van der Waals surface area contributed by atoms with E-state index < -0.39 is 0 Å². The Morgan fingerprint density at radius 3 is 2.33 bits per heavy atom. The standard InChI is InChI=1S/C8H9NS.C2H6/c1-2-9-7-5-3-4-6-8(7)10;1-2/h2-6,10H,1H3;1-2H3. The van der Waals surface area contributed by atoms with Gasteiger partial charge in [-0.1, -0.05) is 26.0 Å². The van der Waals surface area contributed by atoms with Crippen LogP contribution in [0.2, 0.25) is 0 Å². The van der Waals surface area contributed by atoms with Crippen molar-refractivity contribution < 1.29 is 0 Å². The third-order valence-electron chi connectivity index (χ3n) is 1.15. The molecule has 2 heteroatoms. The summed E-state index contributed by atoms with van der Waals surface area (Å²) in [4.78, 5) is 5.02. The van der Waals surface area contributed by atoms with Gasteiger partial charge in [-0.25, -0.2) is 0 Å². The van der Waals surface area contributed by atoms with Crippen LogP contribution in [0, 0.1) is 0 Å². The van der Waals surface area contributed by atoms with Gasteiger partial charge in [-0.15, -0.1) is 12.6 Å². The van der Waals surface area contributed by atoms with Crippen molar-refractivity contribution in [2.45, 2.75) is 25.7 Å². The van der Waals surface area contributed by atoms with Crippen molar-refractivity contribution >= 4 is 24.5 Å². The summed E-state index contributed by atoms with van der Waals surface area (Å²) in [6.07, 6.45) is 1.76. The maximum absolute atomic E-state index is 4.22. The molecule has 12 heavy (non-hydrogen) atoms. The molecule has 66 valence electrons. The number of aliphatic imine (C=N–C) groups is 1. The molecule has 0 amide bonds. The summed E-state index contributed by atoms with van der Waals surface area (Å²) in [5.74, 6) is 0. The summed E-state index contributed by atoms with van der Waals surface area (Å²) >= 11 is 4.22. The van der Waals surface area contributed by atoms with Gasteiger partial charge in [0.2, 0.25) is 0 Å². The van der Waals surface area contributed by atoms with E-state index in [1.165, 1.54) is 0 Å². The average Bonchev–Trinajstić information content (AvgIpc) is 2.13. The van der Waals surface area contributed by atoms with Gasteiger partial charge in [0.15, 0.2) is 0 Å². The molecule has 0 aromatic heterocycles. The van der Waals surface area contributed by atoms with Gasteiger partial charge in [0.05, 0.1) is 5.69 Å². The predicted octanol–water partition coefficient (Wildman–Crippen LogP) is 3.72. The first-order chi connectivity index (χ1) is 5.84. The Bertz CT molecular complexity index is 243. The minimum atomic E-state index is 0.917. The van der Waals surface area contributed by atoms with E-state index >= 15 is 0 Å². The van der Waals surface area contributed by atoms with E-state index in [-0.39, 0.29) is 0 Å². The average molecular weight is 181 g/mol. The predicted molar refractivity (Wildman–Crippen MR) is 58.9 cm³/mol. The topological polar surface area (TPSA) is 12.4 Å². The Morgan fingerprint density at radius 1 is 1.25 bits per heavy atom. The molecule has 0 spiro atoms. The maximum Gasteiger partial charge on any atom is 0.0758 e. The van der Waals surface area contributed by atoms with Gasteiger partial charge < -0.3 is 0 Å². The van der Waals surface area contributed by atoms with E-state index in [4.69, 9.17) is 0 Å². The number of hydrogen-bond donors (Lipinski definition) is 1. The summed E-state index contributed by atoms with van der Waals surface area (Å²) in [6, 6.07) is 7.74. The van der Waals surface area contributed by atoms with Crippen LogP contribution in [0.4, 0.5) is 5.69 Å². The van der Waals surface area contributed by atoms with Crippen LogP contribution in [0.15, 0.2) is 34.2 Å². The van der Waals surface area contributed by atoms with Gasteiger partial charge in [0.1, 0.15) is 0 Å². The minimum absolute atomic E-state index is 0.917. The van der Waals surface area contributed by atoms with E-state index in [2.05, 4.69) is 17.6 Å². The van der Waals surface area contributed by atoms with Crippen LogP contribution in [0.1, 0.15) is 20.8 Å².